The fourth-order valence-corrected chi connectivity index (χ4v) is 5.38. The zero-order valence-corrected chi connectivity index (χ0v) is 14.8. The summed E-state index contributed by atoms with van der Waals surface area (Å²) in [5, 5.41) is 2.17. The van der Waals surface area contributed by atoms with E-state index in [2.05, 4.69) is 16.3 Å². The van der Waals surface area contributed by atoms with Crippen LogP contribution in [0.4, 0.5) is 0 Å². The van der Waals surface area contributed by atoms with Crippen molar-refractivity contribution in [3.63, 3.8) is 0 Å². The van der Waals surface area contributed by atoms with E-state index in [1.807, 2.05) is 0 Å². The molecule has 0 N–H and O–H groups in total. The number of carbonyl (C=O) groups excluding carboxylic acids is 1. The Balaban J connectivity index is 1.62. The molecule has 1 amide bonds. The second-order valence-electron chi connectivity index (χ2n) is 6.79. The minimum atomic E-state index is 0.0988. The van der Waals surface area contributed by atoms with Crippen LogP contribution in [0.5, 0.6) is 0 Å². The molecule has 1 unspecified atom stereocenters. The highest BCUT2D eigenvalue weighted by atomic mass is 32.1. The van der Waals surface area contributed by atoms with Crippen LogP contribution in [0.3, 0.4) is 0 Å². The third-order valence-electron chi connectivity index (χ3n) is 5.53. The summed E-state index contributed by atoms with van der Waals surface area (Å²) in [7, 11) is 1.80. The number of nitrogens with zero attached hydrogens (tertiary/aromatic N) is 1. The maximum Gasteiger partial charge on any atom is 0.257 e. The van der Waals surface area contributed by atoms with Gasteiger partial charge in [0.1, 0.15) is 6.26 Å². The molecule has 0 aromatic carbocycles. The quantitative estimate of drug-likeness (QED) is 0.833. The first-order valence-corrected chi connectivity index (χ1v) is 9.58. The van der Waals surface area contributed by atoms with Crippen molar-refractivity contribution in [3.05, 3.63) is 46.0 Å². The molecular formula is C19H23NO3S. The van der Waals surface area contributed by atoms with Crippen LogP contribution in [0.1, 0.15) is 52.5 Å². The van der Waals surface area contributed by atoms with E-state index in [1.165, 1.54) is 10.4 Å². The molecule has 1 aliphatic heterocycles. The molecule has 1 atom stereocenters. The van der Waals surface area contributed by atoms with E-state index in [0.29, 0.717) is 17.6 Å². The molecule has 0 radical (unpaired) electrons. The molecule has 0 saturated heterocycles. The number of carbonyl (C=O) groups is 1. The van der Waals surface area contributed by atoms with Crippen LogP contribution < -0.4 is 0 Å². The molecule has 5 heteroatoms. The van der Waals surface area contributed by atoms with Gasteiger partial charge in [-0.2, -0.15) is 0 Å². The predicted molar refractivity (Wildman–Crippen MR) is 93.3 cm³/mol. The van der Waals surface area contributed by atoms with Crippen molar-refractivity contribution >= 4 is 17.2 Å². The highest BCUT2D eigenvalue weighted by Crippen LogP contribution is 2.44. The lowest BCUT2D eigenvalue weighted by atomic mass is 9.79. The molecule has 4 rings (SSSR count). The lowest BCUT2D eigenvalue weighted by Crippen LogP contribution is -2.43. The van der Waals surface area contributed by atoms with E-state index < -0.39 is 0 Å². The summed E-state index contributed by atoms with van der Waals surface area (Å²) in [4.78, 5) is 16.5. The monoisotopic (exact) mass is 345 g/mol. The third kappa shape index (κ3) is 2.80. The van der Waals surface area contributed by atoms with Gasteiger partial charge in [-0.15, -0.1) is 11.3 Å². The molecule has 2 aromatic heterocycles. The number of amides is 1. The number of ether oxygens (including phenoxy) is 1. The highest BCUT2D eigenvalue weighted by molar-refractivity contribution is 7.10. The summed E-state index contributed by atoms with van der Waals surface area (Å²) in [6.45, 7) is 0.794. The van der Waals surface area contributed by atoms with Gasteiger partial charge >= 0.3 is 0 Å². The van der Waals surface area contributed by atoms with Gasteiger partial charge in [-0.3, -0.25) is 4.79 Å². The van der Waals surface area contributed by atoms with E-state index in [1.54, 1.807) is 37.0 Å². The lowest BCUT2D eigenvalue weighted by molar-refractivity contribution is 0.0275. The van der Waals surface area contributed by atoms with Gasteiger partial charge in [0.25, 0.3) is 5.91 Å². The normalized spacial score (nSPS) is 27.0. The summed E-state index contributed by atoms with van der Waals surface area (Å²) in [6, 6.07) is 4.20. The Labute approximate surface area is 146 Å². The van der Waals surface area contributed by atoms with Crippen LogP contribution in [0.25, 0.3) is 0 Å². The molecule has 0 spiro atoms. The summed E-state index contributed by atoms with van der Waals surface area (Å²) in [6.07, 6.45) is 8.89. The van der Waals surface area contributed by atoms with Crippen LogP contribution in [0.15, 0.2) is 34.5 Å². The van der Waals surface area contributed by atoms with E-state index in [9.17, 15) is 4.79 Å². The van der Waals surface area contributed by atoms with Crippen molar-refractivity contribution in [1.29, 1.82) is 0 Å². The number of thiophene rings is 1. The van der Waals surface area contributed by atoms with Crippen molar-refractivity contribution in [3.8, 4) is 0 Å². The van der Waals surface area contributed by atoms with Crippen LogP contribution in [-0.2, 0) is 11.2 Å². The number of hydrogen-bond acceptors (Lipinski definition) is 4. The first-order valence-electron chi connectivity index (χ1n) is 8.70. The predicted octanol–water partition coefficient (Wildman–Crippen LogP) is 4.29. The van der Waals surface area contributed by atoms with Gasteiger partial charge in [0, 0.05) is 18.5 Å². The third-order valence-corrected chi connectivity index (χ3v) is 6.56. The lowest BCUT2D eigenvalue weighted by Gasteiger charge is -2.42. The van der Waals surface area contributed by atoms with Crippen molar-refractivity contribution in [1.82, 2.24) is 4.90 Å². The van der Waals surface area contributed by atoms with Crippen molar-refractivity contribution in [2.75, 3.05) is 13.7 Å². The van der Waals surface area contributed by atoms with Gasteiger partial charge in [-0.05, 0) is 61.1 Å². The second kappa shape index (κ2) is 6.73. The highest BCUT2D eigenvalue weighted by Gasteiger charge is 2.39. The molecule has 0 bridgehead atoms. The fourth-order valence-electron chi connectivity index (χ4n) is 4.22. The molecule has 4 nitrogen and oxygen atoms in total. The van der Waals surface area contributed by atoms with Gasteiger partial charge in [0.15, 0.2) is 0 Å². The Hall–Kier alpha value is -1.59. The first-order chi connectivity index (χ1) is 11.8. The van der Waals surface area contributed by atoms with E-state index in [4.69, 9.17) is 9.15 Å². The molecule has 1 fully saturated rings. The number of hydrogen-bond donors (Lipinski definition) is 0. The second-order valence-corrected chi connectivity index (χ2v) is 7.74. The Kier molecular flexibility index (Phi) is 4.46. The smallest absolute Gasteiger partial charge is 0.257 e. The molecule has 128 valence electrons. The molecule has 1 aliphatic carbocycles. The molecule has 1 saturated carbocycles. The van der Waals surface area contributed by atoms with E-state index in [0.717, 1.165) is 38.6 Å². The SMILES string of the molecule is COC1CCC(C2c3sccc3CCN2C(=O)c2ccoc2)CC1. The largest absolute Gasteiger partial charge is 0.472 e. The average molecular weight is 345 g/mol. The Bertz CT molecular complexity index is 685. The number of furan rings is 1. The van der Waals surface area contributed by atoms with Gasteiger partial charge in [-0.1, -0.05) is 0 Å². The Morgan fingerprint density at radius 2 is 2.12 bits per heavy atom. The zero-order valence-electron chi connectivity index (χ0n) is 13.9. The summed E-state index contributed by atoms with van der Waals surface area (Å²) < 4.78 is 10.7. The van der Waals surface area contributed by atoms with Crippen LogP contribution in [0.2, 0.25) is 0 Å². The first kappa shape index (κ1) is 15.9. The average Bonchev–Trinajstić information content (AvgIpc) is 3.31. The molecule has 3 heterocycles. The van der Waals surface area contributed by atoms with E-state index >= 15 is 0 Å². The van der Waals surface area contributed by atoms with E-state index in [-0.39, 0.29) is 11.9 Å². The topological polar surface area (TPSA) is 42.7 Å². The standard InChI is InChI=1S/C19H23NO3S/c1-22-16-4-2-13(3-5-16)17-18-14(8-11-24-18)6-9-20(17)19(21)15-7-10-23-12-15/h7-8,10-13,16-17H,2-6,9H2,1H3. The number of rotatable bonds is 3. The van der Waals surface area contributed by atoms with Crippen molar-refractivity contribution in [2.24, 2.45) is 5.92 Å². The van der Waals surface area contributed by atoms with Crippen LogP contribution >= 0.6 is 11.3 Å². The van der Waals surface area contributed by atoms with Gasteiger partial charge < -0.3 is 14.1 Å². The summed E-state index contributed by atoms with van der Waals surface area (Å²) in [5.74, 6) is 0.617. The van der Waals surface area contributed by atoms with Gasteiger partial charge in [-0.25, -0.2) is 0 Å². The van der Waals surface area contributed by atoms with Crippen LogP contribution in [0, 0.1) is 5.92 Å². The van der Waals surface area contributed by atoms with Crippen LogP contribution in [-0.4, -0.2) is 30.6 Å². The Morgan fingerprint density at radius 3 is 2.83 bits per heavy atom. The van der Waals surface area contributed by atoms with Crippen molar-refractivity contribution < 1.29 is 13.9 Å². The van der Waals surface area contributed by atoms with Gasteiger partial charge in [0.05, 0.1) is 24.0 Å². The molecule has 2 aromatic rings. The molecule has 24 heavy (non-hydrogen) atoms. The van der Waals surface area contributed by atoms with Gasteiger partial charge in [0.2, 0.25) is 0 Å². The van der Waals surface area contributed by atoms with Crippen molar-refractivity contribution in [2.45, 2.75) is 44.2 Å². The maximum absolute atomic E-state index is 13.0. The summed E-state index contributed by atoms with van der Waals surface area (Å²) >= 11 is 1.80. The number of fused-ring (bicyclic) bond motifs is 1. The minimum absolute atomic E-state index is 0.0988. The fraction of sp³-hybridized carbons (Fsp3) is 0.526. The zero-order chi connectivity index (χ0) is 16.5. The summed E-state index contributed by atoms with van der Waals surface area (Å²) in [5.41, 5.74) is 2.08. The number of methoxy groups -OCH3 is 1. The maximum atomic E-state index is 13.0. The Morgan fingerprint density at radius 1 is 1.29 bits per heavy atom. The molecular weight excluding hydrogens is 322 g/mol. The molecule has 2 aliphatic rings. The minimum Gasteiger partial charge on any atom is -0.472 e.